The zero-order chi connectivity index (χ0) is 24.2. The van der Waals surface area contributed by atoms with Gasteiger partial charge in [0, 0.05) is 0 Å². The van der Waals surface area contributed by atoms with Crippen LogP contribution in [0.5, 0.6) is 5.75 Å². The third kappa shape index (κ3) is 8.60. The van der Waals surface area contributed by atoms with E-state index < -0.39 is 14.0 Å². The molecule has 0 saturated carbocycles. The van der Waals surface area contributed by atoms with E-state index >= 15 is 0 Å². The SMILES string of the molecule is O=C(OCCOP(=O)(OCc1ccccc1)OCc1ccccc1)Oc1ccc(N([O-])O)cc1. The molecule has 0 radical (unpaired) electrons. The van der Waals surface area contributed by atoms with Gasteiger partial charge in [-0.2, -0.15) is 0 Å². The Morgan fingerprint density at radius 3 is 1.82 bits per heavy atom. The lowest BCUT2D eigenvalue weighted by atomic mass is 10.2. The smallest absolute Gasteiger partial charge is 0.513 e. The molecular formula is C23H23NO9P-. The van der Waals surface area contributed by atoms with Gasteiger partial charge in [-0.15, -0.1) is 0 Å². The Bertz CT molecular complexity index is 1020. The molecule has 10 nitrogen and oxygen atoms in total. The Hall–Kier alpha value is -3.24. The number of hydrogen-bond donors (Lipinski definition) is 1. The van der Waals surface area contributed by atoms with Gasteiger partial charge in [0.2, 0.25) is 0 Å². The van der Waals surface area contributed by atoms with Gasteiger partial charge in [0.25, 0.3) is 0 Å². The quantitative estimate of drug-likeness (QED) is 0.115. The Kier molecular flexibility index (Phi) is 9.60. The molecule has 0 bridgehead atoms. The molecule has 0 aliphatic carbocycles. The summed E-state index contributed by atoms with van der Waals surface area (Å²) in [6.45, 7) is -0.555. The predicted molar refractivity (Wildman–Crippen MR) is 122 cm³/mol. The zero-order valence-electron chi connectivity index (χ0n) is 18.0. The number of carbonyl (C=O) groups excluding carboxylic acids is 1. The lowest BCUT2D eigenvalue weighted by Gasteiger charge is -2.21. The van der Waals surface area contributed by atoms with Crippen LogP contribution in [0.1, 0.15) is 11.1 Å². The number of ether oxygens (including phenoxy) is 2. The van der Waals surface area contributed by atoms with Crippen molar-refractivity contribution >= 4 is 19.7 Å². The molecule has 0 aromatic heterocycles. The Balaban J connectivity index is 1.49. The fourth-order valence-electron chi connectivity index (χ4n) is 2.61. The molecular weight excluding hydrogens is 465 g/mol. The van der Waals surface area contributed by atoms with Crippen molar-refractivity contribution in [2.75, 3.05) is 18.4 Å². The molecule has 11 heteroatoms. The van der Waals surface area contributed by atoms with Gasteiger partial charge in [-0.05, 0) is 35.4 Å². The van der Waals surface area contributed by atoms with Crippen molar-refractivity contribution in [3.63, 3.8) is 0 Å². The van der Waals surface area contributed by atoms with Gasteiger partial charge in [-0.1, -0.05) is 60.7 Å². The fourth-order valence-corrected chi connectivity index (χ4v) is 3.75. The maximum absolute atomic E-state index is 13.1. The number of rotatable bonds is 12. The molecule has 0 spiro atoms. The number of phosphoric acid groups is 1. The lowest BCUT2D eigenvalue weighted by molar-refractivity contribution is 0.0606. The molecule has 0 amide bonds. The van der Waals surface area contributed by atoms with E-state index in [0.29, 0.717) is 0 Å². The average Bonchev–Trinajstić information content (AvgIpc) is 2.86. The van der Waals surface area contributed by atoms with Crippen LogP contribution in [-0.2, 0) is 36.1 Å². The third-order valence-electron chi connectivity index (χ3n) is 4.28. The molecule has 0 aliphatic rings. The number of phosphoric ester groups is 1. The Labute approximate surface area is 196 Å². The lowest BCUT2D eigenvalue weighted by Crippen LogP contribution is -2.15. The first-order valence-electron chi connectivity index (χ1n) is 10.2. The summed E-state index contributed by atoms with van der Waals surface area (Å²) in [7, 11) is -3.98. The highest BCUT2D eigenvalue weighted by molar-refractivity contribution is 7.48. The first-order valence-corrected chi connectivity index (χ1v) is 11.6. The van der Waals surface area contributed by atoms with Crippen LogP contribution in [0, 0.1) is 5.21 Å². The molecule has 180 valence electrons. The van der Waals surface area contributed by atoms with Crippen molar-refractivity contribution in [3.8, 4) is 5.75 Å². The van der Waals surface area contributed by atoms with E-state index in [1.54, 1.807) is 0 Å². The van der Waals surface area contributed by atoms with Crippen LogP contribution in [0.15, 0.2) is 84.9 Å². The fraction of sp³-hybridized carbons (Fsp3) is 0.174. The van der Waals surface area contributed by atoms with Crippen molar-refractivity contribution in [1.29, 1.82) is 0 Å². The molecule has 0 atom stereocenters. The van der Waals surface area contributed by atoms with Crippen LogP contribution in [-0.4, -0.2) is 24.6 Å². The van der Waals surface area contributed by atoms with Crippen molar-refractivity contribution in [2.24, 2.45) is 0 Å². The highest BCUT2D eigenvalue weighted by Crippen LogP contribution is 2.50. The van der Waals surface area contributed by atoms with E-state index in [-0.39, 0.29) is 43.1 Å². The summed E-state index contributed by atoms with van der Waals surface area (Å²) in [5.41, 5.74) is 1.53. The van der Waals surface area contributed by atoms with E-state index in [0.717, 1.165) is 11.1 Å². The van der Waals surface area contributed by atoms with Crippen molar-refractivity contribution in [3.05, 3.63) is 101 Å². The molecule has 3 aromatic rings. The Morgan fingerprint density at radius 2 is 1.32 bits per heavy atom. The van der Waals surface area contributed by atoms with E-state index in [9.17, 15) is 14.6 Å². The minimum Gasteiger partial charge on any atom is -0.733 e. The second-order valence-electron chi connectivity index (χ2n) is 6.77. The van der Waals surface area contributed by atoms with Crippen LogP contribution < -0.4 is 9.96 Å². The van der Waals surface area contributed by atoms with Crippen LogP contribution in [0.25, 0.3) is 0 Å². The second kappa shape index (κ2) is 12.9. The second-order valence-corrected chi connectivity index (χ2v) is 8.43. The highest BCUT2D eigenvalue weighted by Gasteiger charge is 2.27. The van der Waals surface area contributed by atoms with Crippen LogP contribution in [0.2, 0.25) is 0 Å². The van der Waals surface area contributed by atoms with E-state index in [4.69, 9.17) is 28.3 Å². The summed E-state index contributed by atoms with van der Waals surface area (Å²) >= 11 is 0. The summed E-state index contributed by atoms with van der Waals surface area (Å²) in [5, 5.41) is 19.2. The van der Waals surface area contributed by atoms with Gasteiger partial charge in [0.1, 0.15) is 12.4 Å². The summed E-state index contributed by atoms with van der Waals surface area (Å²) in [6.07, 6.45) is -1.04. The van der Waals surface area contributed by atoms with Gasteiger partial charge >= 0.3 is 14.0 Å². The normalized spacial score (nSPS) is 11.1. The van der Waals surface area contributed by atoms with Gasteiger partial charge in [0.15, 0.2) is 0 Å². The van der Waals surface area contributed by atoms with E-state index in [1.807, 2.05) is 60.7 Å². The third-order valence-corrected chi connectivity index (χ3v) is 5.67. The summed E-state index contributed by atoms with van der Waals surface area (Å²) in [6, 6.07) is 23.3. The molecule has 34 heavy (non-hydrogen) atoms. The van der Waals surface area contributed by atoms with Crippen LogP contribution in [0.3, 0.4) is 0 Å². The maximum atomic E-state index is 13.1. The van der Waals surface area contributed by atoms with Gasteiger partial charge < -0.3 is 19.9 Å². The van der Waals surface area contributed by atoms with Crippen molar-refractivity contribution in [1.82, 2.24) is 0 Å². The molecule has 0 saturated heterocycles. The standard InChI is InChI=1S/C23H23NO9P/c25-23(33-22-13-11-21(12-14-22)24(26)27)29-15-16-30-34(28,31-17-19-7-3-1-4-8-19)32-18-20-9-5-2-6-10-20/h1-14,26H,15-18H2/q-1. The average molecular weight is 488 g/mol. The first kappa shape index (κ1) is 25.4. The van der Waals surface area contributed by atoms with E-state index in [1.165, 1.54) is 24.3 Å². The molecule has 0 aliphatic heterocycles. The largest absolute Gasteiger partial charge is 0.733 e. The molecule has 0 fully saturated rings. The van der Waals surface area contributed by atoms with Crippen molar-refractivity contribution < 1.29 is 37.6 Å². The van der Waals surface area contributed by atoms with Gasteiger partial charge in [-0.3, -0.25) is 18.8 Å². The number of hydrogen-bond acceptors (Lipinski definition) is 10. The minimum atomic E-state index is -3.98. The first-order chi connectivity index (χ1) is 16.4. The number of carbonyl (C=O) groups is 1. The monoisotopic (exact) mass is 488 g/mol. The predicted octanol–water partition coefficient (Wildman–Crippen LogP) is 5.45. The number of nitrogens with zero attached hydrogens (tertiary/aromatic N) is 1. The molecule has 3 aromatic carbocycles. The zero-order valence-corrected chi connectivity index (χ0v) is 18.9. The van der Waals surface area contributed by atoms with Crippen LogP contribution in [0.4, 0.5) is 10.5 Å². The summed E-state index contributed by atoms with van der Waals surface area (Å²) < 4.78 is 39.2. The molecule has 0 heterocycles. The van der Waals surface area contributed by atoms with Gasteiger partial charge in [-0.25, -0.2) is 9.36 Å². The van der Waals surface area contributed by atoms with Crippen LogP contribution >= 0.6 is 7.82 Å². The topological polar surface area (TPSA) is 127 Å². The Morgan fingerprint density at radius 1 is 0.794 bits per heavy atom. The molecule has 3 rings (SSSR count). The number of anilines is 1. The minimum absolute atomic E-state index is 0.000427. The summed E-state index contributed by atoms with van der Waals surface area (Å²) in [4.78, 5) is 11.8. The molecule has 1 N–H and O–H groups in total. The van der Waals surface area contributed by atoms with Gasteiger partial charge in [0.05, 0.1) is 25.5 Å². The number of benzene rings is 3. The van der Waals surface area contributed by atoms with Crippen molar-refractivity contribution in [2.45, 2.75) is 13.2 Å². The maximum Gasteiger partial charge on any atom is 0.513 e. The van der Waals surface area contributed by atoms with E-state index in [2.05, 4.69) is 0 Å². The molecule has 0 unspecified atom stereocenters. The summed E-state index contributed by atoms with van der Waals surface area (Å²) in [5.74, 6) is 0.0968. The highest BCUT2D eigenvalue weighted by atomic mass is 31.2.